The second-order valence-corrected chi connectivity index (χ2v) is 11.9. The lowest BCUT2D eigenvalue weighted by Crippen LogP contribution is -2.24. The van der Waals surface area contributed by atoms with Gasteiger partial charge in [-0.25, -0.2) is 9.78 Å². The van der Waals surface area contributed by atoms with Gasteiger partial charge in [0.15, 0.2) is 5.16 Å². The van der Waals surface area contributed by atoms with Gasteiger partial charge in [-0.05, 0) is 47.6 Å². The van der Waals surface area contributed by atoms with Crippen LogP contribution in [-0.2, 0) is 22.4 Å². The molecule has 0 aliphatic heterocycles. The highest BCUT2D eigenvalue weighted by Gasteiger charge is 2.23. The lowest BCUT2D eigenvalue weighted by molar-refractivity contribution is 0.0531. The van der Waals surface area contributed by atoms with Crippen LogP contribution >= 0.6 is 34.7 Å². The van der Waals surface area contributed by atoms with E-state index in [1.807, 2.05) is 24.3 Å². The van der Waals surface area contributed by atoms with E-state index in [2.05, 4.69) is 45.0 Å². The minimum Gasteiger partial charge on any atom is -0.462 e. The summed E-state index contributed by atoms with van der Waals surface area (Å²) in [4.78, 5) is 32.1. The van der Waals surface area contributed by atoms with Crippen molar-refractivity contribution in [2.75, 3.05) is 6.61 Å². The van der Waals surface area contributed by atoms with E-state index in [4.69, 9.17) is 21.3 Å². The van der Waals surface area contributed by atoms with E-state index in [0.29, 0.717) is 36.6 Å². The third-order valence-corrected chi connectivity index (χ3v) is 8.53. The number of hydrogen-bond acceptors (Lipinski definition) is 6. The van der Waals surface area contributed by atoms with E-state index in [9.17, 15) is 9.59 Å². The quantitative estimate of drug-likeness (QED) is 0.140. The van der Waals surface area contributed by atoms with Gasteiger partial charge in [-0.1, -0.05) is 86.6 Å². The third-order valence-electron chi connectivity index (χ3n) is 5.95. The fourth-order valence-corrected chi connectivity index (χ4v) is 6.15. The molecular formula is C28H29ClN2O3S2. The number of thioether (sulfide) groups is 1. The van der Waals surface area contributed by atoms with Gasteiger partial charge in [0, 0.05) is 10.8 Å². The molecule has 36 heavy (non-hydrogen) atoms. The second kappa shape index (κ2) is 10.8. The van der Waals surface area contributed by atoms with Crippen LogP contribution in [0.4, 0.5) is 0 Å². The minimum atomic E-state index is -0.428. The molecule has 0 spiro atoms. The van der Waals surface area contributed by atoms with Gasteiger partial charge >= 0.3 is 5.97 Å². The molecule has 0 radical (unpaired) electrons. The Hall–Kier alpha value is -2.61. The summed E-state index contributed by atoms with van der Waals surface area (Å²) in [5, 5.41) is 1.63. The molecule has 188 valence electrons. The predicted molar refractivity (Wildman–Crippen MR) is 150 cm³/mol. The van der Waals surface area contributed by atoms with E-state index >= 15 is 0 Å². The maximum atomic E-state index is 13.8. The fourth-order valence-electron chi connectivity index (χ4n) is 3.88. The van der Waals surface area contributed by atoms with Gasteiger partial charge in [0.2, 0.25) is 0 Å². The molecule has 4 aromatic rings. The van der Waals surface area contributed by atoms with Crippen LogP contribution < -0.4 is 5.56 Å². The van der Waals surface area contributed by atoms with Crippen LogP contribution in [-0.4, -0.2) is 22.1 Å². The number of halogens is 1. The molecule has 2 aromatic heterocycles. The Morgan fingerprint density at radius 2 is 1.83 bits per heavy atom. The number of benzene rings is 2. The van der Waals surface area contributed by atoms with Gasteiger partial charge in [-0.2, -0.15) is 0 Å². The van der Waals surface area contributed by atoms with Crippen molar-refractivity contribution in [1.29, 1.82) is 0 Å². The molecule has 0 atom stereocenters. The molecular weight excluding hydrogens is 512 g/mol. The number of carbonyl (C=O) groups is 1. The maximum Gasteiger partial charge on any atom is 0.348 e. The molecule has 0 saturated heterocycles. The first-order valence-electron chi connectivity index (χ1n) is 11.8. The summed E-state index contributed by atoms with van der Waals surface area (Å²) in [5.74, 6) is 0.225. The molecule has 0 aliphatic rings. The van der Waals surface area contributed by atoms with Crippen molar-refractivity contribution in [2.24, 2.45) is 0 Å². The lowest BCUT2D eigenvalue weighted by Gasteiger charge is -2.19. The van der Waals surface area contributed by atoms with Crippen LogP contribution in [0.3, 0.4) is 0 Å². The molecule has 0 amide bonds. The van der Waals surface area contributed by atoms with Crippen molar-refractivity contribution in [2.45, 2.75) is 57.5 Å². The summed E-state index contributed by atoms with van der Waals surface area (Å²) in [7, 11) is 0. The van der Waals surface area contributed by atoms with Crippen LogP contribution in [0.2, 0.25) is 5.02 Å². The Balaban J connectivity index is 1.76. The zero-order valence-electron chi connectivity index (χ0n) is 21.1. The number of nitrogens with zero attached hydrogens (tertiary/aromatic N) is 2. The fraction of sp³-hybridized carbons (Fsp3) is 0.321. The highest BCUT2D eigenvalue weighted by molar-refractivity contribution is 7.98. The first-order chi connectivity index (χ1) is 17.1. The number of rotatable bonds is 7. The van der Waals surface area contributed by atoms with Crippen molar-refractivity contribution in [3.05, 3.63) is 91.0 Å². The van der Waals surface area contributed by atoms with Crippen molar-refractivity contribution in [3.8, 4) is 0 Å². The molecule has 0 unspecified atom stereocenters. The Morgan fingerprint density at radius 1 is 1.14 bits per heavy atom. The van der Waals surface area contributed by atoms with E-state index in [0.717, 1.165) is 11.1 Å². The third kappa shape index (κ3) is 5.53. The average Bonchev–Trinajstić information content (AvgIpc) is 3.17. The molecule has 0 fully saturated rings. The van der Waals surface area contributed by atoms with Crippen LogP contribution in [0, 0.1) is 6.92 Å². The summed E-state index contributed by atoms with van der Waals surface area (Å²) in [6.45, 7) is 10.7. The SMILES string of the molecule is CCOC(=O)c1sc2nc(SCc3ccc(C(C)(C)C)cc3)n(Cc3ccccc3Cl)c(=O)c2c1C. The highest BCUT2D eigenvalue weighted by Crippen LogP contribution is 2.32. The Labute approximate surface area is 224 Å². The molecule has 0 bridgehead atoms. The van der Waals surface area contributed by atoms with Gasteiger partial charge < -0.3 is 4.74 Å². The van der Waals surface area contributed by atoms with Crippen molar-refractivity contribution in [1.82, 2.24) is 9.55 Å². The zero-order chi connectivity index (χ0) is 26.0. The smallest absolute Gasteiger partial charge is 0.348 e. The molecule has 0 N–H and O–H groups in total. The molecule has 2 aromatic carbocycles. The van der Waals surface area contributed by atoms with Crippen LogP contribution in [0.25, 0.3) is 10.2 Å². The number of esters is 1. The van der Waals surface area contributed by atoms with Crippen LogP contribution in [0.5, 0.6) is 0 Å². The highest BCUT2D eigenvalue weighted by atomic mass is 35.5. The van der Waals surface area contributed by atoms with Crippen molar-refractivity contribution < 1.29 is 9.53 Å². The molecule has 5 nitrogen and oxygen atoms in total. The molecule has 2 heterocycles. The standard InChI is InChI=1S/C28H29ClN2O3S2/c1-6-34-26(33)23-17(2)22-24(36-23)30-27(31(25(22)32)15-19-9-7-8-10-21(19)29)35-16-18-11-13-20(14-12-18)28(3,4)5/h7-14H,6,15-16H2,1-5H3. The summed E-state index contributed by atoms with van der Waals surface area (Å²) in [5.41, 5.74) is 3.75. The second-order valence-electron chi connectivity index (χ2n) is 9.57. The number of aromatic nitrogens is 2. The van der Waals surface area contributed by atoms with Crippen molar-refractivity contribution >= 4 is 50.9 Å². The average molecular weight is 541 g/mol. The van der Waals surface area contributed by atoms with E-state index in [1.165, 1.54) is 28.7 Å². The van der Waals surface area contributed by atoms with Crippen LogP contribution in [0.1, 0.15) is 59.6 Å². The molecule has 4 rings (SSSR count). The first kappa shape index (κ1) is 26.5. The van der Waals surface area contributed by atoms with Gasteiger partial charge in [-0.3, -0.25) is 9.36 Å². The summed E-state index contributed by atoms with van der Waals surface area (Å²) in [6.07, 6.45) is 0. The number of thiophene rings is 1. The van der Waals surface area contributed by atoms with Crippen LogP contribution in [0.15, 0.2) is 58.5 Å². The van der Waals surface area contributed by atoms with E-state index in [-0.39, 0.29) is 24.1 Å². The number of carbonyl (C=O) groups excluding carboxylic acids is 1. The number of hydrogen-bond donors (Lipinski definition) is 0. The van der Waals surface area contributed by atoms with Gasteiger partial charge in [0.25, 0.3) is 5.56 Å². The predicted octanol–water partition coefficient (Wildman–Crippen LogP) is 7.23. The first-order valence-corrected chi connectivity index (χ1v) is 13.9. The van der Waals surface area contributed by atoms with Crippen molar-refractivity contribution in [3.63, 3.8) is 0 Å². The topological polar surface area (TPSA) is 61.2 Å². The molecule has 8 heteroatoms. The number of ether oxygens (including phenoxy) is 1. The largest absolute Gasteiger partial charge is 0.462 e. The maximum absolute atomic E-state index is 13.8. The summed E-state index contributed by atoms with van der Waals surface area (Å²) < 4.78 is 6.86. The normalized spacial score (nSPS) is 11.7. The zero-order valence-corrected chi connectivity index (χ0v) is 23.4. The number of aryl methyl sites for hydroxylation is 1. The minimum absolute atomic E-state index is 0.0847. The molecule has 0 saturated carbocycles. The number of fused-ring (bicyclic) bond motifs is 1. The molecule has 0 aliphatic carbocycles. The van der Waals surface area contributed by atoms with Gasteiger partial charge in [-0.15, -0.1) is 11.3 Å². The summed E-state index contributed by atoms with van der Waals surface area (Å²) in [6, 6.07) is 16.0. The van der Waals surface area contributed by atoms with Gasteiger partial charge in [0.05, 0.1) is 18.5 Å². The lowest BCUT2D eigenvalue weighted by atomic mass is 9.87. The Kier molecular flexibility index (Phi) is 7.93. The monoisotopic (exact) mass is 540 g/mol. The summed E-state index contributed by atoms with van der Waals surface area (Å²) >= 11 is 9.14. The van der Waals surface area contributed by atoms with Gasteiger partial charge in [0.1, 0.15) is 9.71 Å². The Morgan fingerprint density at radius 3 is 2.47 bits per heavy atom. The van der Waals surface area contributed by atoms with E-state index < -0.39 is 5.97 Å². The Bertz CT molecular complexity index is 1470. The van der Waals surface area contributed by atoms with E-state index in [1.54, 1.807) is 18.4 Å².